The van der Waals surface area contributed by atoms with Crippen molar-refractivity contribution in [1.82, 2.24) is 5.32 Å². The molecule has 21 heavy (non-hydrogen) atoms. The first-order valence-electron chi connectivity index (χ1n) is 7.48. The molecule has 1 amide bonds. The minimum absolute atomic E-state index is 0.0846. The zero-order valence-electron chi connectivity index (χ0n) is 11.9. The van der Waals surface area contributed by atoms with E-state index in [1.807, 2.05) is 0 Å². The molecule has 1 saturated heterocycles. The normalized spacial score (nSPS) is 21.6. The quantitative estimate of drug-likeness (QED) is 0.929. The third-order valence-electron chi connectivity index (χ3n) is 4.23. The van der Waals surface area contributed by atoms with Crippen molar-refractivity contribution in [2.45, 2.75) is 43.9 Å². The van der Waals surface area contributed by atoms with Crippen molar-refractivity contribution in [3.63, 3.8) is 0 Å². The minimum atomic E-state index is -0.410. The maximum Gasteiger partial charge on any atom is 0.224 e. The fourth-order valence-electron chi connectivity index (χ4n) is 3.08. The number of halogens is 1. The van der Waals surface area contributed by atoms with Crippen LogP contribution in [0, 0.1) is 5.82 Å². The summed E-state index contributed by atoms with van der Waals surface area (Å²) in [7, 11) is 0. The second-order valence-corrected chi connectivity index (χ2v) is 5.72. The highest BCUT2D eigenvalue weighted by molar-refractivity contribution is 5.78. The van der Waals surface area contributed by atoms with Gasteiger partial charge in [0, 0.05) is 18.9 Å². The number of rotatable bonds is 3. The second kappa shape index (κ2) is 6.12. The summed E-state index contributed by atoms with van der Waals surface area (Å²) in [6.45, 7) is 1.31. The first kappa shape index (κ1) is 14.5. The third kappa shape index (κ3) is 3.41. The van der Waals surface area contributed by atoms with Crippen LogP contribution in [0.3, 0.4) is 0 Å². The van der Waals surface area contributed by atoms with Crippen LogP contribution in [0.1, 0.15) is 31.2 Å². The van der Waals surface area contributed by atoms with Crippen molar-refractivity contribution in [2.24, 2.45) is 0 Å². The van der Waals surface area contributed by atoms with E-state index < -0.39 is 5.79 Å². The van der Waals surface area contributed by atoms with Crippen LogP contribution in [0.2, 0.25) is 0 Å². The molecule has 3 rings (SSSR count). The molecule has 0 aromatic heterocycles. The van der Waals surface area contributed by atoms with Gasteiger partial charge in [0.25, 0.3) is 0 Å². The Bertz CT molecular complexity index is 504. The Labute approximate surface area is 123 Å². The lowest BCUT2D eigenvalue weighted by Crippen LogP contribution is -2.44. The lowest BCUT2D eigenvalue weighted by molar-refractivity contribution is -0.180. The highest BCUT2D eigenvalue weighted by atomic mass is 19.1. The van der Waals surface area contributed by atoms with Crippen LogP contribution >= 0.6 is 0 Å². The lowest BCUT2D eigenvalue weighted by Gasteiger charge is -2.35. The molecule has 4 nitrogen and oxygen atoms in total. The van der Waals surface area contributed by atoms with Crippen LogP contribution in [-0.4, -0.2) is 30.9 Å². The molecule has 0 atom stereocenters. The molecule has 1 heterocycles. The van der Waals surface area contributed by atoms with Crippen LogP contribution in [0.5, 0.6) is 0 Å². The fraction of sp³-hybridized carbons (Fsp3) is 0.562. The molecule has 0 bridgehead atoms. The van der Waals surface area contributed by atoms with Crippen molar-refractivity contribution >= 4 is 5.91 Å². The van der Waals surface area contributed by atoms with E-state index in [9.17, 15) is 9.18 Å². The van der Waals surface area contributed by atoms with Crippen molar-refractivity contribution in [1.29, 1.82) is 0 Å². The van der Waals surface area contributed by atoms with Crippen LogP contribution < -0.4 is 5.32 Å². The average molecular weight is 293 g/mol. The lowest BCUT2D eigenvalue weighted by atomic mass is 9.90. The van der Waals surface area contributed by atoms with Gasteiger partial charge in [-0.2, -0.15) is 0 Å². The third-order valence-corrected chi connectivity index (χ3v) is 4.23. The van der Waals surface area contributed by atoms with Gasteiger partial charge in [-0.15, -0.1) is 0 Å². The molecule has 2 aliphatic rings. The van der Waals surface area contributed by atoms with E-state index in [0.717, 1.165) is 25.7 Å². The Morgan fingerprint density at radius 1 is 1.24 bits per heavy atom. The van der Waals surface area contributed by atoms with Crippen molar-refractivity contribution in [3.05, 3.63) is 35.6 Å². The summed E-state index contributed by atoms with van der Waals surface area (Å²) in [4.78, 5) is 12.0. The van der Waals surface area contributed by atoms with Crippen LogP contribution in [0.25, 0.3) is 0 Å². The van der Waals surface area contributed by atoms with E-state index in [0.29, 0.717) is 18.8 Å². The number of hydrogen-bond donors (Lipinski definition) is 1. The smallest absolute Gasteiger partial charge is 0.224 e. The van der Waals surface area contributed by atoms with Gasteiger partial charge in [0.2, 0.25) is 5.91 Å². The summed E-state index contributed by atoms with van der Waals surface area (Å²) in [5.74, 6) is -0.871. The number of hydrogen-bond acceptors (Lipinski definition) is 3. The molecule has 114 valence electrons. The second-order valence-electron chi connectivity index (χ2n) is 5.72. The van der Waals surface area contributed by atoms with Crippen molar-refractivity contribution in [3.8, 4) is 0 Å². The number of amides is 1. The molecule has 1 saturated carbocycles. The van der Waals surface area contributed by atoms with Gasteiger partial charge in [-0.25, -0.2) is 4.39 Å². The Morgan fingerprint density at radius 3 is 2.57 bits per heavy atom. The van der Waals surface area contributed by atoms with E-state index >= 15 is 0 Å². The van der Waals surface area contributed by atoms with Gasteiger partial charge in [0.1, 0.15) is 5.82 Å². The number of benzene rings is 1. The Hall–Kier alpha value is -1.46. The summed E-state index contributed by atoms with van der Waals surface area (Å²) in [5.41, 5.74) is 0.435. The number of carbonyl (C=O) groups is 1. The number of carbonyl (C=O) groups excluding carboxylic acids is 1. The standard InChI is InChI=1S/C16H20FNO3/c17-14-4-2-1-3-12(14)11-15(19)18-13-5-7-16(8-6-13)20-9-10-21-16/h1-4,13H,5-11H2,(H,18,19). The maximum absolute atomic E-state index is 13.5. The average Bonchev–Trinajstić information content (AvgIpc) is 2.93. The van der Waals surface area contributed by atoms with Gasteiger partial charge in [-0.1, -0.05) is 18.2 Å². The van der Waals surface area contributed by atoms with Crippen LogP contribution in [0.4, 0.5) is 4.39 Å². The zero-order valence-corrected chi connectivity index (χ0v) is 11.9. The summed E-state index contributed by atoms with van der Waals surface area (Å²) in [5, 5.41) is 2.98. The molecule has 1 aromatic carbocycles. The van der Waals surface area contributed by atoms with E-state index in [1.165, 1.54) is 6.07 Å². The molecule has 1 spiro atoms. The molecule has 0 unspecified atom stereocenters. The minimum Gasteiger partial charge on any atom is -0.353 e. The summed E-state index contributed by atoms with van der Waals surface area (Å²) >= 11 is 0. The molecule has 5 heteroatoms. The first-order chi connectivity index (χ1) is 10.2. The predicted octanol–water partition coefficient (Wildman–Crippen LogP) is 2.17. The van der Waals surface area contributed by atoms with Crippen molar-refractivity contribution in [2.75, 3.05) is 13.2 Å². The van der Waals surface area contributed by atoms with Gasteiger partial charge < -0.3 is 14.8 Å². The van der Waals surface area contributed by atoms with E-state index in [2.05, 4.69) is 5.32 Å². The topological polar surface area (TPSA) is 47.6 Å². The highest BCUT2D eigenvalue weighted by Crippen LogP contribution is 2.35. The Balaban J connectivity index is 1.49. The van der Waals surface area contributed by atoms with E-state index in [1.54, 1.807) is 18.2 Å². The summed E-state index contributed by atoms with van der Waals surface area (Å²) < 4.78 is 24.8. The fourth-order valence-corrected chi connectivity index (χ4v) is 3.08. The first-order valence-corrected chi connectivity index (χ1v) is 7.48. The van der Waals surface area contributed by atoms with E-state index in [4.69, 9.17) is 9.47 Å². The molecule has 1 N–H and O–H groups in total. The van der Waals surface area contributed by atoms with Crippen LogP contribution in [0.15, 0.2) is 24.3 Å². The highest BCUT2D eigenvalue weighted by Gasteiger charge is 2.40. The molecular weight excluding hydrogens is 273 g/mol. The molecule has 2 fully saturated rings. The van der Waals surface area contributed by atoms with Gasteiger partial charge in [-0.05, 0) is 24.5 Å². The zero-order chi connectivity index (χ0) is 14.7. The molecular formula is C16H20FNO3. The monoisotopic (exact) mass is 293 g/mol. The van der Waals surface area contributed by atoms with Gasteiger partial charge in [-0.3, -0.25) is 4.79 Å². The maximum atomic E-state index is 13.5. The Kier molecular flexibility index (Phi) is 4.22. The van der Waals surface area contributed by atoms with Gasteiger partial charge in [0.15, 0.2) is 5.79 Å². The Morgan fingerprint density at radius 2 is 1.90 bits per heavy atom. The van der Waals surface area contributed by atoms with E-state index in [-0.39, 0.29) is 24.2 Å². The number of nitrogens with one attached hydrogen (secondary N) is 1. The van der Waals surface area contributed by atoms with Gasteiger partial charge in [0.05, 0.1) is 19.6 Å². The summed E-state index contributed by atoms with van der Waals surface area (Å²) in [6.07, 6.45) is 3.36. The largest absolute Gasteiger partial charge is 0.353 e. The predicted molar refractivity (Wildman–Crippen MR) is 75.1 cm³/mol. The molecule has 1 aliphatic carbocycles. The molecule has 1 aliphatic heterocycles. The van der Waals surface area contributed by atoms with Crippen molar-refractivity contribution < 1.29 is 18.7 Å². The summed E-state index contributed by atoms with van der Waals surface area (Å²) in [6, 6.07) is 6.51. The molecule has 1 aromatic rings. The van der Waals surface area contributed by atoms with Crippen LogP contribution in [-0.2, 0) is 20.7 Å². The SMILES string of the molecule is O=C(Cc1ccccc1F)NC1CCC2(CC1)OCCO2. The number of ether oxygens (including phenoxy) is 2. The molecule has 0 radical (unpaired) electrons. The van der Waals surface area contributed by atoms with Gasteiger partial charge >= 0.3 is 0 Å².